The molecule has 0 aliphatic heterocycles. The molecule has 4 heteroatoms. The Morgan fingerprint density at radius 1 is 0.682 bits per heavy atom. The van der Waals surface area contributed by atoms with Crippen molar-refractivity contribution in [3.63, 3.8) is 0 Å². The molecular formula is C18H14N2S2. The normalized spacial score (nSPS) is 11.2. The lowest BCUT2D eigenvalue weighted by molar-refractivity contribution is 1.38. The van der Waals surface area contributed by atoms with Crippen LogP contribution in [-0.2, 0) is 0 Å². The number of aryl methyl sites for hydroxylation is 2. The van der Waals surface area contributed by atoms with Crippen molar-refractivity contribution >= 4 is 33.4 Å². The predicted molar refractivity (Wildman–Crippen MR) is 95.6 cm³/mol. The highest BCUT2D eigenvalue weighted by atomic mass is 32.1. The van der Waals surface area contributed by atoms with Gasteiger partial charge in [0.2, 0.25) is 0 Å². The van der Waals surface area contributed by atoms with Crippen molar-refractivity contribution in [1.82, 2.24) is 9.97 Å². The summed E-state index contributed by atoms with van der Waals surface area (Å²) in [6.45, 7) is 4.30. The summed E-state index contributed by atoms with van der Waals surface area (Å²) in [6, 6.07) is 8.81. The number of hydrogen-bond acceptors (Lipinski definition) is 4. The lowest BCUT2D eigenvalue weighted by atomic mass is 9.94. The maximum atomic E-state index is 4.52. The van der Waals surface area contributed by atoms with Gasteiger partial charge < -0.3 is 0 Å². The van der Waals surface area contributed by atoms with E-state index in [1.54, 1.807) is 22.7 Å². The molecule has 2 aromatic carbocycles. The van der Waals surface area contributed by atoms with Crippen LogP contribution in [0.25, 0.3) is 31.9 Å². The van der Waals surface area contributed by atoms with Crippen molar-refractivity contribution in [2.45, 2.75) is 13.8 Å². The lowest BCUT2D eigenvalue weighted by Gasteiger charge is -2.13. The molecular weight excluding hydrogens is 308 g/mol. The number of nitrogens with zero attached hydrogens (tertiary/aromatic N) is 2. The summed E-state index contributed by atoms with van der Waals surface area (Å²) in [5.74, 6) is 0. The van der Waals surface area contributed by atoms with E-state index in [0.717, 1.165) is 10.0 Å². The van der Waals surface area contributed by atoms with Crippen LogP contribution in [0.3, 0.4) is 0 Å². The topological polar surface area (TPSA) is 25.8 Å². The third-order valence-corrected chi connectivity index (χ3v) is 5.49. The van der Waals surface area contributed by atoms with Gasteiger partial charge in [-0.2, -0.15) is 0 Å². The number of hydrogen-bond donors (Lipinski definition) is 0. The smallest absolute Gasteiger partial charge is 0.124 e. The standard InChI is InChI=1S/C18H14N2S2/c1-11-3-5-14-13(15(11)17-19-7-9-21-17)6-4-12(2)16(14)18-20-8-10-22-18/h3-10H,1-2H3. The van der Waals surface area contributed by atoms with Gasteiger partial charge in [0.05, 0.1) is 0 Å². The molecule has 22 heavy (non-hydrogen) atoms. The van der Waals surface area contributed by atoms with Crippen LogP contribution in [0, 0.1) is 13.8 Å². The molecule has 0 aliphatic carbocycles. The highest BCUT2D eigenvalue weighted by Crippen LogP contribution is 2.39. The number of aromatic nitrogens is 2. The van der Waals surface area contributed by atoms with Crippen LogP contribution in [0.15, 0.2) is 47.4 Å². The van der Waals surface area contributed by atoms with Crippen LogP contribution in [0.4, 0.5) is 0 Å². The van der Waals surface area contributed by atoms with Crippen LogP contribution < -0.4 is 0 Å². The van der Waals surface area contributed by atoms with Gasteiger partial charge in [-0.1, -0.05) is 24.3 Å². The van der Waals surface area contributed by atoms with Gasteiger partial charge in [-0.15, -0.1) is 22.7 Å². The summed E-state index contributed by atoms with van der Waals surface area (Å²) >= 11 is 3.38. The van der Waals surface area contributed by atoms with Crippen molar-refractivity contribution in [2.75, 3.05) is 0 Å². The van der Waals surface area contributed by atoms with Crippen LogP contribution in [0.5, 0.6) is 0 Å². The molecule has 0 aliphatic rings. The maximum absolute atomic E-state index is 4.52. The van der Waals surface area contributed by atoms with Crippen LogP contribution in [0.2, 0.25) is 0 Å². The lowest BCUT2D eigenvalue weighted by Crippen LogP contribution is -1.90. The average Bonchev–Trinajstić information content (AvgIpc) is 3.20. The Hall–Kier alpha value is -2.04. The third kappa shape index (κ3) is 2.07. The first-order valence-corrected chi connectivity index (χ1v) is 8.84. The molecule has 0 amide bonds. The molecule has 4 rings (SSSR count). The summed E-state index contributed by atoms with van der Waals surface area (Å²) in [6.07, 6.45) is 3.74. The van der Waals surface area contributed by atoms with Crippen molar-refractivity contribution < 1.29 is 0 Å². The van der Waals surface area contributed by atoms with E-state index in [1.165, 1.54) is 33.0 Å². The first-order chi connectivity index (χ1) is 10.8. The monoisotopic (exact) mass is 322 g/mol. The zero-order chi connectivity index (χ0) is 15.1. The van der Waals surface area contributed by atoms with Gasteiger partial charge in [-0.05, 0) is 35.7 Å². The quantitative estimate of drug-likeness (QED) is 0.473. The van der Waals surface area contributed by atoms with E-state index in [4.69, 9.17) is 0 Å². The number of thiazole rings is 2. The molecule has 4 aromatic rings. The number of benzene rings is 2. The van der Waals surface area contributed by atoms with Crippen molar-refractivity contribution in [1.29, 1.82) is 0 Å². The molecule has 2 heterocycles. The van der Waals surface area contributed by atoms with Crippen molar-refractivity contribution in [3.8, 4) is 21.1 Å². The Balaban J connectivity index is 2.12. The number of rotatable bonds is 2. The van der Waals surface area contributed by atoms with Gasteiger partial charge in [0.15, 0.2) is 0 Å². The summed E-state index contributed by atoms with van der Waals surface area (Å²) in [5.41, 5.74) is 5.00. The largest absolute Gasteiger partial charge is 0.245 e. The zero-order valence-corrected chi connectivity index (χ0v) is 14.0. The zero-order valence-electron chi connectivity index (χ0n) is 12.3. The minimum absolute atomic E-state index is 1.08. The van der Waals surface area contributed by atoms with Gasteiger partial charge in [0, 0.05) is 34.3 Å². The van der Waals surface area contributed by atoms with Gasteiger partial charge in [0.1, 0.15) is 10.0 Å². The minimum Gasteiger partial charge on any atom is -0.245 e. The molecule has 2 nitrogen and oxygen atoms in total. The van der Waals surface area contributed by atoms with E-state index in [0.29, 0.717) is 0 Å². The average molecular weight is 322 g/mol. The highest BCUT2D eigenvalue weighted by Gasteiger charge is 2.15. The summed E-state index contributed by atoms with van der Waals surface area (Å²) < 4.78 is 0. The molecule has 0 saturated heterocycles. The highest BCUT2D eigenvalue weighted by molar-refractivity contribution is 7.13. The van der Waals surface area contributed by atoms with E-state index in [-0.39, 0.29) is 0 Å². The van der Waals surface area contributed by atoms with Gasteiger partial charge >= 0.3 is 0 Å². The van der Waals surface area contributed by atoms with Gasteiger partial charge in [0.25, 0.3) is 0 Å². The van der Waals surface area contributed by atoms with E-state index >= 15 is 0 Å². The molecule has 0 unspecified atom stereocenters. The molecule has 0 bridgehead atoms. The summed E-state index contributed by atoms with van der Waals surface area (Å²) in [4.78, 5) is 9.04. The second kappa shape index (κ2) is 5.30. The van der Waals surface area contributed by atoms with E-state index < -0.39 is 0 Å². The number of fused-ring (bicyclic) bond motifs is 1. The fourth-order valence-electron chi connectivity index (χ4n) is 2.89. The van der Waals surface area contributed by atoms with E-state index in [1.807, 2.05) is 23.2 Å². The molecule has 0 fully saturated rings. The molecule has 0 atom stereocenters. The summed E-state index contributed by atoms with van der Waals surface area (Å²) in [5, 5.41) is 8.73. The molecule has 0 saturated carbocycles. The Morgan fingerprint density at radius 2 is 1.14 bits per heavy atom. The molecule has 108 valence electrons. The second-order valence-electron chi connectivity index (χ2n) is 5.28. The Labute approximate surface area is 137 Å². The van der Waals surface area contributed by atoms with Gasteiger partial charge in [-0.25, -0.2) is 9.97 Å². The van der Waals surface area contributed by atoms with Crippen LogP contribution >= 0.6 is 22.7 Å². The van der Waals surface area contributed by atoms with E-state index in [2.05, 4.69) is 48.1 Å². The Morgan fingerprint density at radius 3 is 1.50 bits per heavy atom. The van der Waals surface area contributed by atoms with Crippen molar-refractivity contribution in [2.24, 2.45) is 0 Å². The predicted octanol–water partition coefficient (Wildman–Crippen LogP) is 5.70. The minimum atomic E-state index is 1.08. The molecule has 0 radical (unpaired) electrons. The van der Waals surface area contributed by atoms with E-state index in [9.17, 15) is 0 Å². The first-order valence-electron chi connectivity index (χ1n) is 7.08. The summed E-state index contributed by atoms with van der Waals surface area (Å²) in [7, 11) is 0. The Kier molecular flexibility index (Phi) is 3.28. The molecule has 0 spiro atoms. The molecule has 0 N–H and O–H groups in total. The Bertz CT molecular complexity index is 860. The maximum Gasteiger partial charge on any atom is 0.124 e. The van der Waals surface area contributed by atoms with Gasteiger partial charge in [-0.3, -0.25) is 0 Å². The second-order valence-corrected chi connectivity index (χ2v) is 7.07. The fourth-order valence-corrected chi connectivity index (χ4v) is 4.41. The molecule has 2 aromatic heterocycles. The first kappa shape index (κ1) is 13.6. The van der Waals surface area contributed by atoms with Crippen LogP contribution in [0.1, 0.15) is 11.1 Å². The third-order valence-electron chi connectivity index (χ3n) is 3.91. The fraction of sp³-hybridized carbons (Fsp3) is 0.111. The van der Waals surface area contributed by atoms with Crippen LogP contribution in [-0.4, -0.2) is 9.97 Å². The SMILES string of the molecule is Cc1ccc2c(-c3nccs3)c(C)ccc2c1-c1nccs1. The van der Waals surface area contributed by atoms with Crippen molar-refractivity contribution in [3.05, 3.63) is 58.5 Å².